The first-order chi connectivity index (χ1) is 16.8. The molecule has 7 nitrogen and oxygen atoms in total. The molecule has 1 saturated heterocycles. The number of fused-ring (bicyclic) bond motifs is 1. The second-order valence-electron chi connectivity index (χ2n) is 8.18. The Morgan fingerprint density at radius 3 is 2.49 bits per heavy atom. The molecule has 4 rings (SSSR count). The van der Waals surface area contributed by atoms with Crippen LogP contribution in [0, 0.1) is 17.5 Å². The Kier molecular flexibility index (Phi) is 7.30. The number of benzene rings is 2. The number of rotatable bonds is 7. The number of hydrogen-bond donors (Lipinski definition) is 1. The van der Waals surface area contributed by atoms with Crippen molar-refractivity contribution in [2.75, 3.05) is 56.7 Å². The van der Waals surface area contributed by atoms with E-state index in [2.05, 4.69) is 27.1 Å². The zero-order chi connectivity index (χ0) is 25.1. The number of hydrogen-bond acceptors (Lipinski definition) is 7. The van der Waals surface area contributed by atoms with Crippen molar-refractivity contribution in [1.82, 2.24) is 9.88 Å². The molecule has 3 aromatic rings. The number of piperazine rings is 1. The first-order valence-corrected chi connectivity index (χ1v) is 11.4. The number of carbonyl (C=O) groups excluding carboxylic acids is 1. The molecule has 1 aromatic heterocycles. The minimum atomic E-state index is -1.61. The van der Waals surface area contributed by atoms with E-state index in [9.17, 15) is 18.0 Å². The van der Waals surface area contributed by atoms with Gasteiger partial charge in [-0.2, -0.15) is 0 Å². The van der Waals surface area contributed by atoms with Gasteiger partial charge in [0.15, 0.2) is 17.5 Å². The van der Waals surface area contributed by atoms with E-state index < -0.39 is 23.4 Å². The van der Waals surface area contributed by atoms with Crippen molar-refractivity contribution in [3.63, 3.8) is 0 Å². The zero-order valence-electron chi connectivity index (χ0n) is 19.8. The van der Waals surface area contributed by atoms with Crippen LogP contribution < -0.4 is 15.0 Å². The van der Waals surface area contributed by atoms with Crippen molar-refractivity contribution in [1.29, 1.82) is 0 Å². The van der Waals surface area contributed by atoms with Gasteiger partial charge in [0.2, 0.25) is 0 Å². The van der Waals surface area contributed by atoms with Crippen LogP contribution in [-0.2, 0) is 4.74 Å². The highest BCUT2D eigenvalue weighted by Crippen LogP contribution is 2.39. The maximum Gasteiger partial charge on any atom is 0.341 e. The summed E-state index contributed by atoms with van der Waals surface area (Å²) in [6.07, 6.45) is 1.31. The van der Waals surface area contributed by atoms with Gasteiger partial charge < -0.3 is 24.6 Å². The summed E-state index contributed by atoms with van der Waals surface area (Å²) in [5.74, 6) is -4.36. The molecular weight excluding hydrogens is 461 g/mol. The summed E-state index contributed by atoms with van der Waals surface area (Å²) in [5, 5.41) is 3.27. The fraction of sp³-hybridized carbons (Fsp3) is 0.360. The van der Waals surface area contributed by atoms with Gasteiger partial charge in [0, 0.05) is 43.8 Å². The molecule has 2 aromatic carbocycles. The van der Waals surface area contributed by atoms with Gasteiger partial charge in [-0.15, -0.1) is 0 Å². The number of halogens is 3. The van der Waals surface area contributed by atoms with Gasteiger partial charge in [0.1, 0.15) is 11.3 Å². The first-order valence-electron chi connectivity index (χ1n) is 11.4. The Bertz CT molecular complexity index is 1250. The molecule has 0 saturated carbocycles. The summed E-state index contributed by atoms with van der Waals surface area (Å²) in [7, 11) is 2.05. The van der Waals surface area contributed by atoms with Crippen LogP contribution >= 0.6 is 0 Å². The SMILES string of the molecule is CCOC(=O)c1cnc2cc(OCC)c(N3CCN(C)CC3)cc2c1Nc1ccc(F)c(F)c1F. The quantitative estimate of drug-likeness (QED) is 0.381. The molecule has 1 fully saturated rings. The molecule has 186 valence electrons. The fourth-order valence-corrected chi connectivity index (χ4v) is 4.03. The minimum Gasteiger partial charge on any atom is -0.492 e. The molecule has 35 heavy (non-hydrogen) atoms. The molecule has 1 aliphatic heterocycles. The van der Waals surface area contributed by atoms with E-state index in [0.717, 1.165) is 44.0 Å². The van der Waals surface area contributed by atoms with Gasteiger partial charge in [0.25, 0.3) is 0 Å². The van der Waals surface area contributed by atoms with Crippen molar-refractivity contribution >= 4 is 33.9 Å². The van der Waals surface area contributed by atoms with Crippen LogP contribution in [0.1, 0.15) is 24.2 Å². The van der Waals surface area contributed by atoms with Crippen molar-refractivity contribution in [3.05, 3.63) is 53.5 Å². The zero-order valence-corrected chi connectivity index (χ0v) is 19.8. The molecule has 1 aliphatic rings. The molecule has 0 atom stereocenters. The average Bonchev–Trinajstić information content (AvgIpc) is 2.85. The Hall–Kier alpha value is -3.53. The lowest BCUT2D eigenvalue weighted by Crippen LogP contribution is -2.44. The summed E-state index contributed by atoms with van der Waals surface area (Å²) >= 11 is 0. The molecule has 2 heterocycles. The molecule has 0 amide bonds. The highest BCUT2D eigenvalue weighted by atomic mass is 19.2. The molecule has 0 spiro atoms. The monoisotopic (exact) mass is 488 g/mol. The standard InChI is InChI=1S/C25H27F3N4O3/c1-4-34-21-13-19-15(12-20(21)32-10-8-31(3)9-11-32)24(16(14-29-19)25(33)35-5-2)30-18-7-6-17(26)22(27)23(18)28/h6-7,12-14H,4-5,8-11H2,1-3H3,(H,29,30). The lowest BCUT2D eigenvalue weighted by Gasteiger charge is -2.35. The number of nitrogens with zero attached hydrogens (tertiary/aromatic N) is 3. The van der Waals surface area contributed by atoms with Gasteiger partial charge >= 0.3 is 5.97 Å². The summed E-state index contributed by atoms with van der Waals surface area (Å²) in [6, 6.07) is 5.47. The second kappa shape index (κ2) is 10.4. The van der Waals surface area contributed by atoms with E-state index in [1.54, 1.807) is 13.0 Å². The average molecular weight is 489 g/mol. The third-order valence-electron chi connectivity index (χ3n) is 5.88. The third-order valence-corrected chi connectivity index (χ3v) is 5.88. The number of pyridine rings is 1. The number of nitrogens with one attached hydrogen (secondary N) is 1. The first kappa shape index (κ1) is 24.6. The molecule has 0 unspecified atom stereocenters. The summed E-state index contributed by atoms with van der Waals surface area (Å²) in [5.41, 5.74) is 1.17. The van der Waals surface area contributed by atoms with Gasteiger partial charge in [-0.3, -0.25) is 4.98 Å². The van der Waals surface area contributed by atoms with Gasteiger partial charge in [0.05, 0.1) is 35.8 Å². The smallest absolute Gasteiger partial charge is 0.341 e. The normalized spacial score (nSPS) is 14.3. The van der Waals surface area contributed by atoms with Crippen LogP contribution in [0.2, 0.25) is 0 Å². The van der Waals surface area contributed by atoms with Crippen LogP contribution in [-0.4, -0.2) is 62.3 Å². The van der Waals surface area contributed by atoms with E-state index in [1.807, 2.05) is 13.0 Å². The number of esters is 1. The third kappa shape index (κ3) is 4.97. The Labute approximate surface area is 201 Å². The Morgan fingerprint density at radius 1 is 1.06 bits per heavy atom. The number of carbonyl (C=O) groups is 1. The minimum absolute atomic E-state index is 0.0389. The van der Waals surface area contributed by atoms with Crippen LogP contribution in [0.5, 0.6) is 5.75 Å². The van der Waals surface area contributed by atoms with E-state index in [-0.39, 0.29) is 23.5 Å². The number of likely N-dealkylation sites (N-methyl/N-ethyl adjacent to an activating group) is 1. The lowest BCUT2D eigenvalue weighted by molar-refractivity contribution is 0.0527. The lowest BCUT2D eigenvalue weighted by atomic mass is 10.1. The molecule has 0 radical (unpaired) electrons. The van der Waals surface area contributed by atoms with Gasteiger partial charge in [-0.05, 0) is 39.1 Å². The van der Waals surface area contributed by atoms with Crippen LogP contribution in [0.25, 0.3) is 10.9 Å². The van der Waals surface area contributed by atoms with E-state index in [0.29, 0.717) is 23.3 Å². The maximum absolute atomic E-state index is 14.6. The largest absolute Gasteiger partial charge is 0.492 e. The maximum atomic E-state index is 14.6. The predicted molar refractivity (Wildman–Crippen MR) is 128 cm³/mol. The van der Waals surface area contributed by atoms with Crippen LogP contribution in [0.15, 0.2) is 30.5 Å². The van der Waals surface area contributed by atoms with Crippen molar-refractivity contribution in [2.24, 2.45) is 0 Å². The van der Waals surface area contributed by atoms with Crippen LogP contribution in [0.3, 0.4) is 0 Å². The van der Waals surface area contributed by atoms with Crippen LogP contribution in [0.4, 0.5) is 30.2 Å². The highest BCUT2D eigenvalue weighted by Gasteiger charge is 2.24. The topological polar surface area (TPSA) is 66.9 Å². The Balaban J connectivity index is 1.91. The second-order valence-corrected chi connectivity index (χ2v) is 8.18. The summed E-state index contributed by atoms with van der Waals surface area (Å²) in [6.45, 7) is 7.33. The summed E-state index contributed by atoms with van der Waals surface area (Å²) in [4.78, 5) is 21.5. The molecule has 1 N–H and O–H groups in total. The molecule has 0 aliphatic carbocycles. The van der Waals surface area contributed by atoms with E-state index in [1.165, 1.54) is 6.20 Å². The molecular formula is C25H27F3N4O3. The fourth-order valence-electron chi connectivity index (χ4n) is 4.03. The number of anilines is 3. The van der Waals surface area contributed by atoms with Crippen molar-refractivity contribution in [2.45, 2.75) is 13.8 Å². The predicted octanol–water partition coefficient (Wildman–Crippen LogP) is 4.72. The van der Waals surface area contributed by atoms with E-state index >= 15 is 0 Å². The summed E-state index contributed by atoms with van der Waals surface area (Å²) < 4.78 is 53.1. The van der Waals surface area contributed by atoms with Crippen molar-refractivity contribution < 1.29 is 27.4 Å². The molecule has 10 heteroatoms. The number of ether oxygens (including phenoxy) is 2. The highest BCUT2D eigenvalue weighted by molar-refractivity contribution is 6.07. The molecule has 0 bridgehead atoms. The van der Waals surface area contributed by atoms with Gasteiger partial charge in [-0.25, -0.2) is 18.0 Å². The van der Waals surface area contributed by atoms with Crippen molar-refractivity contribution in [3.8, 4) is 5.75 Å². The Morgan fingerprint density at radius 2 is 1.80 bits per heavy atom. The van der Waals surface area contributed by atoms with E-state index in [4.69, 9.17) is 9.47 Å². The number of aromatic nitrogens is 1. The van der Waals surface area contributed by atoms with Gasteiger partial charge in [-0.1, -0.05) is 0 Å².